The number of hydrogen-bond acceptors (Lipinski definition) is 0. The Morgan fingerprint density at radius 1 is 0.514 bits per heavy atom. The second-order valence-electron chi connectivity index (χ2n) is 11.8. The lowest BCUT2D eigenvalue weighted by molar-refractivity contribution is 0.368. The molecule has 0 heterocycles. The first-order valence-electron chi connectivity index (χ1n) is 15.3. The normalized spacial score (nSPS) is 24.7. The van der Waals surface area contributed by atoms with E-state index in [0.717, 1.165) is 0 Å². The van der Waals surface area contributed by atoms with E-state index in [4.69, 9.17) is 0 Å². The van der Waals surface area contributed by atoms with Crippen LogP contribution in [0, 0.1) is 0 Å². The average Bonchev–Trinajstić information content (AvgIpc) is 2.86. The summed E-state index contributed by atoms with van der Waals surface area (Å²) >= 11 is 0. The first-order valence-corrected chi connectivity index (χ1v) is 18.4. The largest absolute Gasteiger partial charge is 0.673 e. The summed E-state index contributed by atoms with van der Waals surface area (Å²) in [6.07, 6.45) is 34.8. The van der Waals surface area contributed by atoms with Crippen LogP contribution < -0.4 is 0 Å². The average molecular weight is 537 g/mol. The summed E-state index contributed by atoms with van der Waals surface area (Å²) in [5.41, 5.74) is 4.69. The van der Waals surface area contributed by atoms with Crippen molar-refractivity contribution < 1.29 is 17.3 Å². The van der Waals surface area contributed by atoms with Gasteiger partial charge in [0.05, 0.1) is 0 Å². The highest BCUT2D eigenvalue weighted by Gasteiger charge is 2.44. The molecule has 0 nitrogen and oxygen atoms in total. The fraction of sp³-hybridized carbons (Fsp3) is 1.00. The van der Waals surface area contributed by atoms with Crippen LogP contribution in [-0.4, -0.2) is 35.3 Å². The lowest BCUT2D eigenvalue weighted by Gasteiger charge is -2.51. The Bertz CT molecular complexity index is 470. The predicted octanol–water partition coefficient (Wildman–Crippen LogP) is 11.7. The van der Waals surface area contributed by atoms with Gasteiger partial charge in [0.1, 0.15) is 0 Å². The minimum absolute atomic E-state index is 0.274. The van der Waals surface area contributed by atoms with Crippen LogP contribution in [0.15, 0.2) is 0 Å². The van der Waals surface area contributed by atoms with Gasteiger partial charge in [-0.2, -0.15) is 0 Å². The van der Waals surface area contributed by atoms with Crippen molar-refractivity contribution in [1.82, 2.24) is 0 Å². The maximum Gasteiger partial charge on any atom is 0.673 e. The van der Waals surface area contributed by atoms with Crippen molar-refractivity contribution in [2.24, 2.45) is 0 Å². The molecule has 4 aliphatic carbocycles. The molecule has 0 amide bonds. The van der Waals surface area contributed by atoms with E-state index in [-0.39, 0.29) is 15.8 Å². The molecule has 4 fully saturated rings. The Morgan fingerprint density at radius 2 is 0.743 bits per heavy atom. The van der Waals surface area contributed by atoms with Gasteiger partial charge >= 0.3 is 7.25 Å². The number of hydrogen-bond donors (Lipinski definition) is 0. The fourth-order valence-corrected chi connectivity index (χ4v) is 19.4. The molecule has 0 unspecified atom stereocenters. The van der Waals surface area contributed by atoms with Gasteiger partial charge in [-0.15, -0.1) is 0 Å². The van der Waals surface area contributed by atoms with Crippen LogP contribution in [0.1, 0.15) is 148 Å². The summed E-state index contributed by atoms with van der Waals surface area (Å²) in [4.78, 5) is 0. The van der Waals surface area contributed by atoms with E-state index >= 15 is 0 Å². The van der Waals surface area contributed by atoms with Crippen LogP contribution in [0.5, 0.6) is 0 Å². The van der Waals surface area contributed by atoms with E-state index in [1.165, 1.54) is 34.5 Å². The van der Waals surface area contributed by atoms with Gasteiger partial charge in [0.2, 0.25) is 0 Å². The zero-order valence-electron chi connectivity index (χ0n) is 22.4. The molecule has 0 saturated heterocycles. The number of halogens is 4. The van der Waals surface area contributed by atoms with Crippen LogP contribution in [0.4, 0.5) is 17.3 Å². The van der Waals surface area contributed by atoms with Gasteiger partial charge in [-0.3, -0.25) is 0 Å². The summed E-state index contributed by atoms with van der Waals surface area (Å²) < 4.78 is 39.0. The zero-order chi connectivity index (χ0) is 25.1. The van der Waals surface area contributed by atoms with E-state index in [2.05, 4.69) is 6.92 Å². The van der Waals surface area contributed by atoms with Crippen molar-refractivity contribution in [2.75, 3.05) is 0 Å². The summed E-state index contributed by atoms with van der Waals surface area (Å²) in [7, 11) is -5.45. The topological polar surface area (TPSA) is 0 Å². The summed E-state index contributed by atoms with van der Waals surface area (Å²) in [6, 6.07) is 0. The maximum absolute atomic E-state index is 9.75. The maximum atomic E-state index is 9.75. The van der Waals surface area contributed by atoms with Crippen LogP contribution in [-0.2, 0) is 0 Å². The molecule has 206 valence electrons. The van der Waals surface area contributed by atoms with Gasteiger partial charge in [-0.25, -0.2) is 0 Å². The molecule has 0 aliphatic heterocycles. The summed E-state index contributed by atoms with van der Waals surface area (Å²) in [6.45, 7) is 2.54. The third-order valence-electron chi connectivity index (χ3n) is 9.22. The molecule has 4 saturated carbocycles. The fourth-order valence-electron chi connectivity index (χ4n) is 7.80. The Morgan fingerprint density at radius 3 is 0.943 bits per heavy atom. The van der Waals surface area contributed by atoms with Crippen LogP contribution in [0.25, 0.3) is 0 Å². The van der Waals surface area contributed by atoms with Gasteiger partial charge in [0.15, 0.2) is 0 Å². The Kier molecular flexibility index (Phi) is 13.7. The Hall–Kier alpha value is 0.645. The van der Waals surface area contributed by atoms with Crippen molar-refractivity contribution in [1.29, 1.82) is 0 Å². The highest BCUT2D eigenvalue weighted by Crippen LogP contribution is 2.73. The lowest BCUT2D eigenvalue weighted by atomic mass is 9.99. The predicted molar refractivity (Wildman–Crippen MR) is 150 cm³/mol. The van der Waals surface area contributed by atoms with Crippen molar-refractivity contribution in [3.05, 3.63) is 0 Å². The Balaban J connectivity index is 0.000000623. The molecule has 7 heteroatoms. The minimum Gasteiger partial charge on any atom is -0.418 e. The molecule has 0 spiro atoms. The van der Waals surface area contributed by atoms with Crippen LogP contribution >= 0.6 is 15.8 Å². The molecule has 0 aromatic heterocycles. The van der Waals surface area contributed by atoms with Gasteiger partial charge in [-0.05, 0) is 80.4 Å². The standard InChI is InChI=1S/C28H52P2.BF4/c1-2-15-28(29(24-16-7-3-8-17-24)25-18-9-4-10-19-25)30(26-20-11-5-12-21-26)27-22-13-6-14-23-27;2-1(3,4)5/h24-28H,2-23H2,1H3;/q;-1. The van der Waals surface area contributed by atoms with E-state index in [1.54, 1.807) is 135 Å². The van der Waals surface area contributed by atoms with Crippen LogP contribution in [0.3, 0.4) is 0 Å². The molecular formula is C28H52BF4P2-. The Labute approximate surface area is 216 Å². The van der Waals surface area contributed by atoms with Crippen molar-refractivity contribution >= 4 is 23.1 Å². The second-order valence-corrected chi connectivity index (χ2v) is 18.2. The lowest BCUT2D eigenvalue weighted by Crippen LogP contribution is -2.32. The van der Waals surface area contributed by atoms with E-state index < -0.39 is 7.25 Å². The minimum atomic E-state index is -6.00. The second kappa shape index (κ2) is 15.9. The molecule has 0 aromatic carbocycles. The van der Waals surface area contributed by atoms with Crippen LogP contribution in [0.2, 0.25) is 0 Å². The van der Waals surface area contributed by atoms with Crippen molar-refractivity contribution in [2.45, 2.75) is 176 Å². The monoisotopic (exact) mass is 537 g/mol. The van der Waals surface area contributed by atoms with E-state index in [0.29, 0.717) is 0 Å². The first kappa shape index (κ1) is 30.2. The third-order valence-corrected chi connectivity index (χ3v) is 18.2. The number of rotatable bonds is 8. The zero-order valence-corrected chi connectivity index (χ0v) is 24.2. The molecule has 0 aromatic rings. The van der Waals surface area contributed by atoms with Crippen molar-refractivity contribution in [3.63, 3.8) is 0 Å². The van der Waals surface area contributed by atoms with E-state index in [1.807, 2.05) is 0 Å². The van der Waals surface area contributed by atoms with Gasteiger partial charge in [0.25, 0.3) is 0 Å². The molecule has 0 atom stereocenters. The quantitative estimate of drug-likeness (QED) is 0.164. The first-order chi connectivity index (χ1) is 16.9. The molecule has 35 heavy (non-hydrogen) atoms. The third kappa shape index (κ3) is 10.4. The highest BCUT2D eigenvalue weighted by atomic mass is 31.2. The smallest absolute Gasteiger partial charge is 0.418 e. The van der Waals surface area contributed by atoms with Gasteiger partial charge in [-0.1, -0.05) is 106 Å². The molecule has 4 rings (SSSR count). The van der Waals surface area contributed by atoms with Gasteiger partial charge in [0, 0.05) is 5.40 Å². The van der Waals surface area contributed by atoms with E-state index in [9.17, 15) is 17.3 Å². The SMILES string of the molecule is CCCC(P(C1CCCCC1)C1CCCCC1)P(C1CCCCC1)C1CCCCC1.F[B-](F)(F)F. The molecule has 4 aliphatic rings. The summed E-state index contributed by atoms with van der Waals surface area (Å²) in [5, 5.41) is 1.21. The molecular weight excluding hydrogens is 485 g/mol. The van der Waals surface area contributed by atoms with Crippen molar-refractivity contribution in [3.8, 4) is 0 Å². The highest BCUT2D eigenvalue weighted by molar-refractivity contribution is 7.77. The summed E-state index contributed by atoms with van der Waals surface area (Å²) in [5.74, 6) is 0. The van der Waals surface area contributed by atoms with Gasteiger partial charge < -0.3 is 17.3 Å². The molecule has 0 radical (unpaired) electrons. The molecule has 0 bridgehead atoms. The molecule has 0 N–H and O–H groups in total.